The minimum atomic E-state index is -0.485. The number of amides is 3. The van der Waals surface area contributed by atoms with Crippen molar-refractivity contribution in [3.8, 4) is 0 Å². The molecule has 0 radical (unpaired) electrons. The number of imide groups is 1. The molecule has 3 amide bonds. The van der Waals surface area contributed by atoms with E-state index < -0.39 is 11.9 Å². The number of nitrogens with two attached hydrogens (primary N) is 1. The third-order valence-corrected chi connectivity index (χ3v) is 2.36. The molecule has 0 fully saturated rings. The number of carbonyl (C=O) groups is 2. The number of aromatic nitrogens is 3. The van der Waals surface area contributed by atoms with Crippen LogP contribution in [0, 0.1) is 0 Å². The summed E-state index contributed by atoms with van der Waals surface area (Å²) in [7, 11) is 0. The van der Waals surface area contributed by atoms with Gasteiger partial charge in [0.15, 0.2) is 0 Å². The lowest BCUT2D eigenvalue weighted by atomic mass is 10.3. The van der Waals surface area contributed by atoms with Crippen LogP contribution >= 0.6 is 0 Å². The predicted octanol–water partition coefficient (Wildman–Crippen LogP) is -0.595. The molecule has 0 unspecified atom stereocenters. The third-order valence-electron chi connectivity index (χ3n) is 2.36. The SMILES string of the molecule is CCCCNC(=O)NC(=O)Cn1cc(CCN)nn1. The van der Waals surface area contributed by atoms with Gasteiger partial charge >= 0.3 is 6.03 Å². The number of carbonyl (C=O) groups excluding carboxylic acids is 2. The summed E-state index contributed by atoms with van der Waals surface area (Å²) >= 11 is 0. The average Bonchev–Trinajstić information content (AvgIpc) is 2.77. The summed E-state index contributed by atoms with van der Waals surface area (Å²) in [5.74, 6) is -0.432. The first-order valence-electron chi connectivity index (χ1n) is 6.32. The molecule has 8 heteroatoms. The first-order chi connectivity index (χ1) is 9.15. The van der Waals surface area contributed by atoms with Crippen molar-refractivity contribution in [3.63, 3.8) is 0 Å². The van der Waals surface area contributed by atoms with Crippen LogP contribution in [-0.4, -0.2) is 40.0 Å². The van der Waals surface area contributed by atoms with Gasteiger partial charge in [0.1, 0.15) is 6.54 Å². The highest BCUT2D eigenvalue weighted by atomic mass is 16.2. The fourth-order valence-corrected chi connectivity index (χ4v) is 1.41. The minimum absolute atomic E-state index is 0.0429. The Hall–Kier alpha value is -1.96. The van der Waals surface area contributed by atoms with Crippen LogP contribution in [0.3, 0.4) is 0 Å². The Bertz CT molecular complexity index is 417. The van der Waals surface area contributed by atoms with E-state index in [9.17, 15) is 9.59 Å². The lowest BCUT2D eigenvalue weighted by Gasteiger charge is -2.05. The minimum Gasteiger partial charge on any atom is -0.338 e. The van der Waals surface area contributed by atoms with Crippen LogP contribution in [0.15, 0.2) is 6.20 Å². The van der Waals surface area contributed by atoms with Crippen molar-refractivity contribution in [2.75, 3.05) is 13.1 Å². The second kappa shape index (κ2) is 8.20. The number of nitrogens with one attached hydrogen (secondary N) is 2. The highest BCUT2D eigenvalue weighted by Crippen LogP contribution is 1.93. The fourth-order valence-electron chi connectivity index (χ4n) is 1.41. The summed E-state index contributed by atoms with van der Waals surface area (Å²) in [6.45, 7) is 3.01. The molecule has 4 N–H and O–H groups in total. The number of unbranched alkanes of at least 4 members (excludes halogenated alkanes) is 1. The van der Waals surface area contributed by atoms with Crippen LogP contribution in [0.2, 0.25) is 0 Å². The summed E-state index contributed by atoms with van der Waals surface area (Å²) in [6.07, 6.45) is 4.12. The van der Waals surface area contributed by atoms with E-state index in [1.54, 1.807) is 6.20 Å². The van der Waals surface area contributed by atoms with Gasteiger partial charge in [-0.15, -0.1) is 5.10 Å². The molecule has 0 bridgehead atoms. The lowest BCUT2D eigenvalue weighted by Crippen LogP contribution is -2.41. The van der Waals surface area contributed by atoms with Crippen molar-refractivity contribution in [1.82, 2.24) is 25.6 Å². The molecule has 106 valence electrons. The fraction of sp³-hybridized carbons (Fsp3) is 0.636. The van der Waals surface area contributed by atoms with Crippen LogP contribution < -0.4 is 16.4 Å². The molecule has 0 spiro atoms. The Morgan fingerprint density at radius 1 is 1.47 bits per heavy atom. The van der Waals surface area contributed by atoms with Crippen molar-refractivity contribution in [3.05, 3.63) is 11.9 Å². The summed E-state index contributed by atoms with van der Waals surface area (Å²) in [4.78, 5) is 22.9. The summed E-state index contributed by atoms with van der Waals surface area (Å²) in [6, 6.07) is -0.485. The van der Waals surface area contributed by atoms with Crippen LogP contribution in [0.1, 0.15) is 25.5 Å². The highest BCUT2D eigenvalue weighted by Gasteiger charge is 2.09. The maximum Gasteiger partial charge on any atom is 0.321 e. The Morgan fingerprint density at radius 3 is 2.95 bits per heavy atom. The average molecular weight is 268 g/mol. The topological polar surface area (TPSA) is 115 Å². The summed E-state index contributed by atoms with van der Waals surface area (Å²) < 4.78 is 1.37. The second-order valence-corrected chi connectivity index (χ2v) is 4.10. The molecule has 1 aromatic heterocycles. The molecule has 0 aromatic carbocycles. The predicted molar refractivity (Wildman–Crippen MR) is 69.2 cm³/mol. The largest absolute Gasteiger partial charge is 0.338 e. The van der Waals surface area contributed by atoms with Crippen LogP contribution in [0.4, 0.5) is 4.79 Å². The van der Waals surface area contributed by atoms with Crippen molar-refractivity contribution < 1.29 is 9.59 Å². The molecule has 0 saturated heterocycles. The van der Waals surface area contributed by atoms with Crippen molar-refractivity contribution >= 4 is 11.9 Å². The van der Waals surface area contributed by atoms with E-state index in [0.29, 0.717) is 19.5 Å². The molecule has 1 rings (SSSR count). The zero-order valence-electron chi connectivity index (χ0n) is 11.1. The molecular weight excluding hydrogens is 248 g/mol. The first kappa shape index (κ1) is 15.1. The number of hydrogen-bond donors (Lipinski definition) is 3. The molecule has 0 atom stereocenters. The zero-order chi connectivity index (χ0) is 14.1. The van der Waals surface area contributed by atoms with Gasteiger partial charge in [-0.2, -0.15) is 0 Å². The molecule has 19 heavy (non-hydrogen) atoms. The van der Waals surface area contributed by atoms with E-state index in [1.807, 2.05) is 6.92 Å². The maximum atomic E-state index is 11.5. The van der Waals surface area contributed by atoms with Crippen LogP contribution in [0.25, 0.3) is 0 Å². The standard InChI is InChI=1S/C11H20N6O2/c1-2-3-6-13-11(19)14-10(18)8-17-7-9(4-5-12)15-16-17/h7H,2-6,8,12H2,1H3,(H2,13,14,18,19). The van der Waals surface area contributed by atoms with Gasteiger partial charge in [0.2, 0.25) is 5.91 Å². The molecule has 1 heterocycles. The van der Waals surface area contributed by atoms with E-state index >= 15 is 0 Å². The Kier molecular flexibility index (Phi) is 6.51. The van der Waals surface area contributed by atoms with Crippen LogP contribution in [0.5, 0.6) is 0 Å². The number of rotatable bonds is 7. The zero-order valence-corrected chi connectivity index (χ0v) is 11.1. The van der Waals surface area contributed by atoms with Gasteiger partial charge in [-0.25, -0.2) is 9.48 Å². The van der Waals surface area contributed by atoms with E-state index in [4.69, 9.17) is 5.73 Å². The lowest BCUT2D eigenvalue weighted by molar-refractivity contribution is -0.120. The van der Waals surface area contributed by atoms with Gasteiger partial charge in [0, 0.05) is 19.2 Å². The highest BCUT2D eigenvalue weighted by molar-refractivity contribution is 5.94. The Balaban J connectivity index is 2.31. The van der Waals surface area contributed by atoms with E-state index in [1.165, 1.54) is 4.68 Å². The van der Waals surface area contributed by atoms with Crippen LogP contribution in [-0.2, 0) is 17.8 Å². The molecule has 1 aromatic rings. The summed E-state index contributed by atoms with van der Waals surface area (Å²) in [5.41, 5.74) is 6.11. The second-order valence-electron chi connectivity index (χ2n) is 4.10. The quantitative estimate of drug-likeness (QED) is 0.571. The van der Waals surface area contributed by atoms with E-state index in [-0.39, 0.29) is 6.54 Å². The number of urea groups is 1. The normalized spacial score (nSPS) is 10.2. The van der Waals surface area contributed by atoms with Gasteiger partial charge in [0.05, 0.1) is 5.69 Å². The smallest absolute Gasteiger partial charge is 0.321 e. The molecule has 0 saturated carbocycles. The van der Waals surface area contributed by atoms with E-state index in [2.05, 4.69) is 20.9 Å². The maximum absolute atomic E-state index is 11.5. The summed E-state index contributed by atoms with van der Waals surface area (Å²) in [5, 5.41) is 12.4. The van der Waals surface area contributed by atoms with Gasteiger partial charge < -0.3 is 11.1 Å². The first-order valence-corrected chi connectivity index (χ1v) is 6.32. The van der Waals surface area contributed by atoms with Crippen molar-refractivity contribution in [1.29, 1.82) is 0 Å². The Morgan fingerprint density at radius 2 is 2.26 bits per heavy atom. The monoisotopic (exact) mass is 268 g/mol. The number of nitrogens with zero attached hydrogens (tertiary/aromatic N) is 3. The molecule has 0 aliphatic heterocycles. The van der Waals surface area contributed by atoms with Crippen molar-refractivity contribution in [2.24, 2.45) is 5.73 Å². The van der Waals surface area contributed by atoms with Gasteiger partial charge in [-0.3, -0.25) is 10.1 Å². The third kappa shape index (κ3) is 5.96. The van der Waals surface area contributed by atoms with Gasteiger partial charge in [-0.1, -0.05) is 18.6 Å². The van der Waals surface area contributed by atoms with E-state index in [0.717, 1.165) is 18.5 Å². The molecule has 8 nitrogen and oxygen atoms in total. The molecule has 0 aliphatic rings. The molecule has 0 aliphatic carbocycles. The van der Waals surface area contributed by atoms with Gasteiger partial charge in [0.25, 0.3) is 0 Å². The number of hydrogen-bond acceptors (Lipinski definition) is 5. The molecular formula is C11H20N6O2. The van der Waals surface area contributed by atoms with Crippen molar-refractivity contribution in [2.45, 2.75) is 32.7 Å². The van der Waals surface area contributed by atoms with Gasteiger partial charge in [-0.05, 0) is 13.0 Å². The Labute approximate surface area is 111 Å².